The second-order valence-electron chi connectivity index (χ2n) is 3.99. The third-order valence-corrected chi connectivity index (χ3v) is 2.50. The topological polar surface area (TPSA) is 42.0 Å². The van der Waals surface area contributed by atoms with E-state index in [1.807, 2.05) is 5.32 Å². The Labute approximate surface area is 115 Å². The summed E-state index contributed by atoms with van der Waals surface area (Å²) >= 11 is 0. The van der Waals surface area contributed by atoms with Crippen LogP contribution in [0.1, 0.15) is 15.9 Å². The lowest BCUT2D eigenvalue weighted by molar-refractivity contribution is -0.137. The van der Waals surface area contributed by atoms with Crippen molar-refractivity contribution in [2.75, 3.05) is 5.32 Å². The summed E-state index contributed by atoms with van der Waals surface area (Å²) in [5.74, 6) is -3.41. The molecule has 0 atom stereocenters. The van der Waals surface area contributed by atoms with Crippen molar-refractivity contribution >= 4 is 11.7 Å². The predicted molar refractivity (Wildman–Crippen MR) is 63.6 cm³/mol. The molecule has 0 bridgehead atoms. The molecule has 3 nitrogen and oxygen atoms in total. The standard InChI is InChI=1S/C13H7F5N2O/c14-9-5-4-7(13(16,17)18)6-8(9)12(21)20-11-3-1-2-10(15)19-11/h1-6H,(H,19,20,21). The maximum Gasteiger partial charge on any atom is 0.416 e. The monoisotopic (exact) mass is 302 g/mol. The minimum Gasteiger partial charge on any atom is -0.306 e. The van der Waals surface area contributed by atoms with Gasteiger partial charge in [-0.2, -0.15) is 17.6 Å². The van der Waals surface area contributed by atoms with Crippen molar-refractivity contribution < 1.29 is 26.7 Å². The molecule has 21 heavy (non-hydrogen) atoms. The van der Waals surface area contributed by atoms with E-state index in [4.69, 9.17) is 0 Å². The number of alkyl halides is 3. The zero-order valence-corrected chi connectivity index (χ0v) is 10.2. The fourth-order valence-electron chi connectivity index (χ4n) is 1.54. The van der Waals surface area contributed by atoms with E-state index in [9.17, 15) is 26.7 Å². The van der Waals surface area contributed by atoms with Gasteiger partial charge in [-0.3, -0.25) is 4.79 Å². The summed E-state index contributed by atoms with van der Waals surface area (Å²) in [7, 11) is 0. The summed E-state index contributed by atoms with van der Waals surface area (Å²) in [5.41, 5.74) is -1.97. The molecule has 0 radical (unpaired) electrons. The number of anilines is 1. The van der Waals surface area contributed by atoms with Crippen LogP contribution >= 0.6 is 0 Å². The van der Waals surface area contributed by atoms with Gasteiger partial charge in [0.2, 0.25) is 5.95 Å². The number of halogens is 5. The highest BCUT2D eigenvalue weighted by Crippen LogP contribution is 2.30. The van der Waals surface area contributed by atoms with Crippen molar-refractivity contribution in [2.24, 2.45) is 0 Å². The second-order valence-corrected chi connectivity index (χ2v) is 3.99. The molecule has 1 N–H and O–H groups in total. The fourth-order valence-corrected chi connectivity index (χ4v) is 1.54. The van der Waals surface area contributed by atoms with Crippen LogP contribution in [0, 0.1) is 11.8 Å². The van der Waals surface area contributed by atoms with Gasteiger partial charge in [0, 0.05) is 0 Å². The van der Waals surface area contributed by atoms with Gasteiger partial charge in [0.15, 0.2) is 0 Å². The Bertz CT molecular complexity index is 685. The van der Waals surface area contributed by atoms with E-state index in [1.54, 1.807) is 0 Å². The molecular formula is C13H7F5N2O. The van der Waals surface area contributed by atoms with E-state index in [0.717, 1.165) is 6.07 Å². The average molecular weight is 302 g/mol. The van der Waals surface area contributed by atoms with Crippen LogP contribution < -0.4 is 5.32 Å². The Kier molecular flexibility index (Phi) is 3.88. The minimum absolute atomic E-state index is 0.239. The number of amides is 1. The number of carbonyl (C=O) groups excluding carboxylic acids is 1. The molecule has 0 spiro atoms. The number of pyridine rings is 1. The smallest absolute Gasteiger partial charge is 0.306 e. The van der Waals surface area contributed by atoms with Crippen molar-refractivity contribution in [1.82, 2.24) is 4.98 Å². The van der Waals surface area contributed by atoms with E-state index in [1.165, 1.54) is 12.1 Å². The summed E-state index contributed by atoms with van der Waals surface area (Å²) in [6.07, 6.45) is -4.71. The van der Waals surface area contributed by atoms with Crippen LogP contribution in [0.5, 0.6) is 0 Å². The Hall–Kier alpha value is -2.51. The van der Waals surface area contributed by atoms with Gasteiger partial charge in [0.1, 0.15) is 11.6 Å². The third-order valence-electron chi connectivity index (χ3n) is 2.50. The molecular weight excluding hydrogens is 295 g/mol. The van der Waals surface area contributed by atoms with Crippen LogP contribution in [-0.2, 0) is 6.18 Å². The Morgan fingerprint density at radius 2 is 1.81 bits per heavy atom. The second kappa shape index (κ2) is 5.47. The number of aromatic nitrogens is 1. The molecule has 0 fully saturated rings. The maximum atomic E-state index is 13.5. The Morgan fingerprint density at radius 3 is 2.43 bits per heavy atom. The van der Waals surface area contributed by atoms with Crippen molar-refractivity contribution in [3.63, 3.8) is 0 Å². The lowest BCUT2D eigenvalue weighted by Gasteiger charge is -2.10. The summed E-state index contributed by atoms with van der Waals surface area (Å²) < 4.78 is 63.9. The first-order chi connectivity index (χ1) is 9.77. The lowest BCUT2D eigenvalue weighted by Crippen LogP contribution is -2.16. The average Bonchev–Trinajstić information content (AvgIpc) is 2.37. The molecule has 8 heteroatoms. The van der Waals surface area contributed by atoms with E-state index >= 15 is 0 Å². The predicted octanol–water partition coefficient (Wildman–Crippen LogP) is 3.63. The molecule has 2 aromatic rings. The molecule has 2 rings (SSSR count). The number of nitrogens with zero attached hydrogens (tertiary/aromatic N) is 1. The minimum atomic E-state index is -4.71. The van der Waals surface area contributed by atoms with E-state index < -0.39 is 35.0 Å². The number of hydrogen-bond acceptors (Lipinski definition) is 2. The van der Waals surface area contributed by atoms with Gasteiger partial charge in [0.05, 0.1) is 11.1 Å². The highest BCUT2D eigenvalue weighted by molar-refractivity contribution is 6.04. The number of hydrogen-bond donors (Lipinski definition) is 1. The molecule has 110 valence electrons. The largest absolute Gasteiger partial charge is 0.416 e. The summed E-state index contributed by atoms with van der Waals surface area (Å²) in [5, 5.41) is 2.02. The first-order valence-electron chi connectivity index (χ1n) is 5.58. The van der Waals surface area contributed by atoms with Crippen LogP contribution in [-0.4, -0.2) is 10.9 Å². The van der Waals surface area contributed by atoms with Gasteiger partial charge in [-0.25, -0.2) is 9.37 Å². The first-order valence-corrected chi connectivity index (χ1v) is 5.58. The SMILES string of the molecule is O=C(Nc1cccc(F)n1)c1cc(C(F)(F)F)ccc1F. The van der Waals surface area contributed by atoms with Gasteiger partial charge >= 0.3 is 6.18 Å². The zero-order valence-electron chi connectivity index (χ0n) is 10.2. The molecule has 0 aliphatic carbocycles. The number of nitrogens with one attached hydrogen (secondary N) is 1. The number of benzene rings is 1. The fraction of sp³-hybridized carbons (Fsp3) is 0.0769. The van der Waals surface area contributed by atoms with Gasteiger partial charge in [0.25, 0.3) is 5.91 Å². The van der Waals surface area contributed by atoms with Crippen molar-refractivity contribution in [2.45, 2.75) is 6.18 Å². The molecule has 1 heterocycles. The molecule has 1 amide bonds. The van der Waals surface area contributed by atoms with E-state index in [0.29, 0.717) is 18.2 Å². The molecule has 0 unspecified atom stereocenters. The molecule has 1 aromatic heterocycles. The van der Waals surface area contributed by atoms with Gasteiger partial charge < -0.3 is 5.32 Å². The normalized spacial score (nSPS) is 11.3. The molecule has 0 saturated heterocycles. The molecule has 0 saturated carbocycles. The van der Waals surface area contributed by atoms with E-state index in [2.05, 4.69) is 4.98 Å². The van der Waals surface area contributed by atoms with Gasteiger partial charge in [-0.15, -0.1) is 0 Å². The first kappa shape index (κ1) is 14.9. The Morgan fingerprint density at radius 1 is 1.10 bits per heavy atom. The summed E-state index contributed by atoms with van der Waals surface area (Å²) in [6.45, 7) is 0. The van der Waals surface area contributed by atoms with Gasteiger partial charge in [-0.1, -0.05) is 6.07 Å². The van der Waals surface area contributed by atoms with Crippen LogP contribution in [0.2, 0.25) is 0 Å². The molecule has 0 aliphatic heterocycles. The van der Waals surface area contributed by atoms with Crippen LogP contribution in [0.3, 0.4) is 0 Å². The van der Waals surface area contributed by atoms with Crippen molar-refractivity contribution in [1.29, 1.82) is 0 Å². The van der Waals surface area contributed by atoms with Crippen molar-refractivity contribution in [3.05, 3.63) is 59.3 Å². The maximum absolute atomic E-state index is 13.5. The lowest BCUT2D eigenvalue weighted by atomic mass is 10.1. The van der Waals surface area contributed by atoms with Crippen LogP contribution in [0.25, 0.3) is 0 Å². The highest BCUT2D eigenvalue weighted by atomic mass is 19.4. The van der Waals surface area contributed by atoms with Gasteiger partial charge in [-0.05, 0) is 30.3 Å². The van der Waals surface area contributed by atoms with Crippen LogP contribution in [0.4, 0.5) is 27.8 Å². The number of carbonyl (C=O) groups is 1. The van der Waals surface area contributed by atoms with Crippen molar-refractivity contribution in [3.8, 4) is 0 Å². The quantitative estimate of drug-likeness (QED) is 0.680. The summed E-state index contributed by atoms with van der Waals surface area (Å²) in [4.78, 5) is 15.0. The summed E-state index contributed by atoms with van der Waals surface area (Å²) in [6, 6.07) is 4.90. The number of rotatable bonds is 2. The Balaban J connectivity index is 2.31. The highest BCUT2D eigenvalue weighted by Gasteiger charge is 2.32. The molecule has 1 aromatic carbocycles. The third kappa shape index (κ3) is 3.53. The molecule has 0 aliphatic rings. The van der Waals surface area contributed by atoms with E-state index in [-0.39, 0.29) is 5.82 Å². The van der Waals surface area contributed by atoms with Crippen LogP contribution in [0.15, 0.2) is 36.4 Å². The zero-order chi connectivity index (χ0) is 15.6.